The number of para-hydroxylation sites is 1. The average molecular weight is 457 g/mol. The smallest absolute Gasteiger partial charge is 0.237 e. The highest BCUT2D eigenvalue weighted by atomic mass is 32.1. The molecular formula is C25H32N2O4S. The number of rotatable bonds is 11. The largest absolute Gasteiger partial charge is 0.491 e. The van der Waals surface area contributed by atoms with Crippen LogP contribution < -0.4 is 4.74 Å². The fraction of sp³-hybridized carbons (Fsp3) is 0.480. The maximum Gasteiger partial charge on any atom is 0.237 e. The van der Waals surface area contributed by atoms with Crippen LogP contribution in [0.3, 0.4) is 0 Å². The predicted octanol–water partition coefficient (Wildman–Crippen LogP) is 2.89. The summed E-state index contributed by atoms with van der Waals surface area (Å²) < 4.78 is 11.4. The lowest BCUT2D eigenvalue weighted by Gasteiger charge is -2.37. The normalized spacial score (nSPS) is 16.5. The number of aryl methyl sites for hydroxylation is 1. The number of amides is 1. The molecule has 0 aliphatic carbocycles. The molecule has 0 unspecified atom stereocenters. The summed E-state index contributed by atoms with van der Waals surface area (Å²) in [5.74, 6) is 3.27. The van der Waals surface area contributed by atoms with Crippen LogP contribution in [0.2, 0.25) is 0 Å². The molecule has 0 saturated carbocycles. The van der Waals surface area contributed by atoms with E-state index in [9.17, 15) is 9.90 Å². The minimum Gasteiger partial charge on any atom is -0.491 e. The number of hydrogen-bond acceptors (Lipinski definition) is 6. The number of nitrogens with zero attached hydrogens (tertiary/aromatic N) is 2. The van der Waals surface area contributed by atoms with Crippen LogP contribution in [0, 0.1) is 19.3 Å². The van der Waals surface area contributed by atoms with Gasteiger partial charge in [0.05, 0.1) is 25.3 Å². The zero-order valence-electron chi connectivity index (χ0n) is 18.8. The number of ether oxygens (including phenoxy) is 2. The Kier molecular flexibility index (Phi) is 9.12. The topological polar surface area (TPSA) is 62.2 Å². The van der Waals surface area contributed by atoms with Gasteiger partial charge in [-0.15, -0.1) is 17.8 Å². The summed E-state index contributed by atoms with van der Waals surface area (Å²) in [6.45, 7) is 6.65. The molecule has 1 aliphatic heterocycles. The highest BCUT2D eigenvalue weighted by Gasteiger charge is 2.33. The molecule has 1 N–H and O–H groups in total. The third kappa shape index (κ3) is 6.33. The average Bonchev–Trinajstić information content (AvgIpc) is 3.27. The molecule has 1 amide bonds. The van der Waals surface area contributed by atoms with E-state index < -0.39 is 6.10 Å². The number of carbonyl (C=O) groups is 1. The van der Waals surface area contributed by atoms with Gasteiger partial charge in [-0.2, -0.15) is 0 Å². The lowest BCUT2D eigenvalue weighted by atomic mass is 10.0. The van der Waals surface area contributed by atoms with Gasteiger partial charge in [-0.1, -0.05) is 31.0 Å². The summed E-state index contributed by atoms with van der Waals surface area (Å²) >= 11 is 1.74. The first-order valence-electron chi connectivity index (χ1n) is 11.0. The van der Waals surface area contributed by atoms with Crippen LogP contribution in [0.5, 0.6) is 5.75 Å². The van der Waals surface area contributed by atoms with E-state index in [1.165, 1.54) is 10.4 Å². The second-order valence-electron chi connectivity index (χ2n) is 7.93. The second-order valence-corrected chi connectivity index (χ2v) is 8.93. The SMILES string of the molecule is C#CCOC[C@H](O)CN(CC)CC(=O)N1CCc2sccc2[C@@H]1COc1ccccc1C. The summed E-state index contributed by atoms with van der Waals surface area (Å²) in [6, 6.07) is 9.91. The molecule has 3 rings (SSSR count). The van der Waals surface area contributed by atoms with Crippen molar-refractivity contribution in [3.05, 3.63) is 51.7 Å². The Balaban J connectivity index is 1.66. The second kappa shape index (κ2) is 12.0. The molecule has 1 aromatic heterocycles. The number of fused-ring (bicyclic) bond motifs is 1. The van der Waals surface area contributed by atoms with Crippen molar-refractivity contribution in [1.82, 2.24) is 9.80 Å². The Bertz CT molecular complexity index is 923. The van der Waals surface area contributed by atoms with Crippen LogP contribution in [0.1, 0.15) is 29.0 Å². The molecule has 0 saturated heterocycles. The molecule has 0 spiro atoms. The van der Waals surface area contributed by atoms with E-state index in [4.69, 9.17) is 15.9 Å². The van der Waals surface area contributed by atoms with Crippen molar-refractivity contribution in [1.29, 1.82) is 0 Å². The molecular weight excluding hydrogens is 424 g/mol. The lowest BCUT2D eigenvalue weighted by Crippen LogP contribution is -2.48. The summed E-state index contributed by atoms with van der Waals surface area (Å²) in [5.41, 5.74) is 2.25. The van der Waals surface area contributed by atoms with Gasteiger partial charge in [0.2, 0.25) is 5.91 Å². The molecule has 6 nitrogen and oxygen atoms in total. The van der Waals surface area contributed by atoms with Crippen LogP contribution in [0.25, 0.3) is 0 Å². The lowest BCUT2D eigenvalue weighted by molar-refractivity contribution is -0.136. The standard InChI is InChI=1S/C25H32N2O4S/c1-4-13-30-17-20(28)15-26(5-2)16-25(29)27-12-10-24-21(11-14-32-24)22(27)18-31-23-9-7-6-8-19(23)3/h1,6-9,11,14,20,22,28H,5,10,12-13,15-18H2,2-3H3/t20-,22+/m1/s1. The maximum atomic E-state index is 13.3. The first kappa shape index (κ1) is 24.3. The predicted molar refractivity (Wildman–Crippen MR) is 127 cm³/mol. The Morgan fingerprint density at radius 1 is 1.41 bits per heavy atom. The van der Waals surface area contributed by atoms with Gasteiger partial charge in [0.1, 0.15) is 19.0 Å². The third-order valence-electron chi connectivity index (χ3n) is 5.68. The van der Waals surface area contributed by atoms with Crippen molar-refractivity contribution in [3.63, 3.8) is 0 Å². The number of likely N-dealkylation sites (N-methyl/N-ethyl adjacent to an activating group) is 1. The number of hydrogen-bond donors (Lipinski definition) is 1. The Morgan fingerprint density at radius 2 is 2.22 bits per heavy atom. The fourth-order valence-electron chi connectivity index (χ4n) is 3.95. The third-order valence-corrected chi connectivity index (χ3v) is 6.67. The monoisotopic (exact) mass is 456 g/mol. The van der Waals surface area contributed by atoms with Crippen LogP contribution in [0.15, 0.2) is 35.7 Å². The number of aliphatic hydroxyl groups is 1. The first-order valence-corrected chi connectivity index (χ1v) is 11.9. The van der Waals surface area contributed by atoms with Gasteiger partial charge >= 0.3 is 0 Å². The highest BCUT2D eigenvalue weighted by Crippen LogP contribution is 2.34. The van der Waals surface area contributed by atoms with Crippen molar-refractivity contribution < 1.29 is 19.4 Å². The van der Waals surface area contributed by atoms with Gasteiger partial charge in [-0.25, -0.2) is 0 Å². The number of aliphatic hydroxyl groups excluding tert-OH is 1. The van der Waals surface area contributed by atoms with E-state index >= 15 is 0 Å². The summed E-state index contributed by atoms with van der Waals surface area (Å²) in [5, 5.41) is 12.3. The van der Waals surface area contributed by atoms with Crippen molar-refractivity contribution >= 4 is 17.2 Å². The molecule has 0 bridgehead atoms. The van der Waals surface area contributed by atoms with Gasteiger partial charge in [0.25, 0.3) is 0 Å². The number of thiophene rings is 1. The summed E-state index contributed by atoms with van der Waals surface area (Å²) in [7, 11) is 0. The zero-order valence-corrected chi connectivity index (χ0v) is 19.6. The summed E-state index contributed by atoms with van der Waals surface area (Å²) in [6.07, 6.45) is 5.34. The Labute approximate surface area is 194 Å². The molecule has 2 aromatic rings. The van der Waals surface area contributed by atoms with E-state index in [-0.39, 0.29) is 31.7 Å². The number of benzene rings is 1. The van der Waals surface area contributed by atoms with E-state index in [0.29, 0.717) is 26.2 Å². The van der Waals surface area contributed by atoms with Crippen LogP contribution in [-0.2, 0) is 16.0 Å². The van der Waals surface area contributed by atoms with E-state index in [2.05, 4.69) is 17.4 Å². The van der Waals surface area contributed by atoms with Crippen LogP contribution in [0.4, 0.5) is 0 Å². The first-order chi connectivity index (χ1) is 15.5. The molecule has 0 fully saturated rings. The minimum atomic E-state index is -0.693. The van der Waals surface area contributed by atoms with Gasteiger partial charge < -0.3 is 19.5 Å². The van der Waals surface area contributed by atoms with Crippen molar-refractivity contribution in [3.8, 4) is 18.1 Å². The fourth-order valence-corrected chi connectivity index (χ4v) is 4.88. The van der Waals surface area contributed by atoms with Gasteiger partial charge in [0, 0.05) is 18.0 Å². The van der Waals surface area contributed by atoms with Gasteiger partial charge in [0.15, 0.2) is 0 Å². The molecule has 7 heteroatoms. The maximum absolute atomic E-state index is 13.3. The highest BCUT2D eigenvalue weighted by molar-refractivity contribution is 7.10. The van der Waals surface area contributed by atoms with Crippen molar-refractivity contribution in [2.75, 3.05) is 46.0 Å². The molecule has 32 heavy (non-hydrogen) atoms. The molecule has 0 radical (unpaired) electrons. The number of terminal acetylenes is 1. The van der Waals surface area contributed by atoms with Gasteiger partial charge in [-0.05, 0) is 48.5 Å². The number of carbonyl (C=O) groups excluding carboxylic acids is 1. The Hall–Kier alpha value is -2.37. The van der Waals surface area contributed by atoms with Crippen LogP contribution >= 0.6 is 11.3 Å². The molecule has 1 aromatic carbocycles. The Morgan fingerprint density at radius 3 is 2.97 bits per heavy atom. The molecule has 1 aliphatic rings. The van der Waals surface area contributed by atoms with Gasteiger partial charge in [-0.3, -0.25) is 9.69 Å². The molecule has 172 valence electrons. The molecule has 2 atom stereocenters. The molecule has 2 heterocycles. The summed E-state index contributed by atoms with van der Waals surface area (Å²) in [4.78, 5) is 18.5. The van der Waals surface area contributed by atoms with Crippen molar-refractivity contribution in [2.24, 2.45) is 0 Å². The van der Waals surface area contributed by atoms with E-state index in [1.54, 1.807) is 11.3 Å². The van der Waals surface area contributed by atoms with Crippen LogP contribution in [-0.4, -0.2) is 72.9 Å². The minimum absolute atomic E-state index is 0.0406. The van der Waals surface area contributed by atoms with E-state index in [1.807, 2.05) is 47.9 Å². The van der Waals surface area contributed by atoms with E-state index in [0.717, 1.165) is 17.7 Å². The van der Waals surface area contributed by atoms with Crippen molar-refractivity contribution in [2.45, 2.75) is 32.4 Å². The quantitative estimate of drug-likeness (QED) is 0.416. The zero-order chi connectivity index (χ0) is 22.9.